The Morgan fingerprint density at radius 2 is 1.96 bits per heavy atom. The third kappa shape index (κ3) is 4.31. The van der Waals surface area contributed by atoms with Gasteiger partial charge in [0.05, 0.1) is 25.4 Å². The molecule has 0 spiro atoms. The summed E-state index contributed by atoms with van der Waals surface area (Å²) in [6, 6.07) is 15.8. The van der Waals surface area contributed by atoms with Crippen molar-refractivity contribution in [2.75, 3.05) is 26.3 Å². The number of carbonyl (C=O) groups excluding carboxylic acids is 1. The van der Waals surface area contributed by atoms with Crippen molar-refractivity contribution in [3.05, 3.63) is 65.2 Å². The molecule has 2 aromatic carbocycles. The number of benzene rings is 2. The lowest BCUT2D eigenvalue weighted by molar-refractivity contribution is -0.0212. The number of amides is 1. The highest BCUT2D eigenvalue weighted by Gasteiger charge is 2.23. The summed E-state index contributed by atoms with van der Waals surface area (Å²) in [7, 11) is 0. The summed E-state index contributed by atoms with van der Waals surface area (Å²) in [5.41, 5.74) is 2.96. The summed E-state index contributed by atoms with van der Waals surface area (Å²) in [6.45, 7) is 6.31. The van der Waals surface area contributed by atoms with E-state index in [9.17, 15) is 4.79 Å². The van der Waals surface area contributed by atoms with Gasteiger partial charge in [-0.25, -0.2) is 0 Å². The molecule has 4 rings (SSSR count). The second-order valence-electron chi connectivity index (χ2n) is 7.31. The van der Waals surface area contributed by atoms with Crippen LogP contribution in [0.4, 0.5) is 0 Å². The van der Waals surface area contributed by atoms with Crippen molar-refractivity contribution >= 4 is 5.91 Å². The van der Waals surface area contributed by atoms with E-state index < -0.39 is 0 Å². The topological polar surface area (TPSA) is 50.8 Å². The van der Waals surface area contributed by atoms with Gasteiger partial charge < -0.3 is 14.8 Å². The zero-order valence-corrected chi connectivity index (χ0v) is 15.7. The molecule has 1 N–H and O–H groups in total. The first-order valence-corrected chi connectivity index (χ1v) is 9.64. The Morgan fingerprint density at radius 3 is 2.78 bits per heavy atom. The normalized spacial score (nSPS) is 22.6. The van der Waals surface area contributed by atoms with E-state index in [0.29, 0.717) is 12.2 Å². The van der Waals surface area contributed by atoms with Crippen LogP contribution in [0.1, 0.15) is 40.9 Å². The van der Waals surface area contributed by atoms with E-state index in [1.807, 2.05) is 48.5 Å². The second kappa shape index (κ2) is 8.11. The molecular formula is C22H26N2O3. The van der Waals surface area contributed by atoms with E-state index in [-0.39, 0.29) is 18.1 Å². The highest BCUT2D eigenvalue weighted by molar-refractivity contribution is 5.94. The van der Waals surface area contributed by atoms with Crippen molar-refractivity contribution in [2.24, 2.45) is 0 Å². The van der Waals surface area contributed by atoms with Crippen LogP contribution in [0.3, 0.4) is 0 Å². The van der Waals surface area contributed by atoms with Gasteiger partial charge in [0.25, 0.3) is 5.91 Å². The summed E-state index contributed by atoms with van der Waals surface area (Å²) in [6.07, 6.45) is 1.07. The fourth-order valence-corrected chi connectivity index (χ4v) is 3.79. The van der Waals surface area contributed by atoms with Crippen molar-refractivity contribution in [3.63, 3.8) is 0 Å². The van der Waals surface area contributed by atoms with Crippen LogP contribution in [0.2, 0.25) is 0 Å². The minimum absolute atomic E-state index is 0.00281. The number of morpholine rings is 1. The number of ether oxygens (including phenoxy) is 2. The van der Waals surface area contributed by atoms with Gasteiger partial charge in [-0.3, -0.25) is 9.69 Å². The average molecular weight is 366 g/mol. The van der Waals surface area contributed by atoms with E-state index in [1.165, 1.54) is 5.56 Å². The lowest BCUT2D eigenvalue weighted by Crippen LogP contribution is -2.40. The first-order valence-electron chi connectivity index (χ1n) is 9.64. The van der Waals surface area contributed by atoms with Gasteiger partial charge in [0.15, 0.2) is 0 Å². The molecule has 2 aromatic rings. The van der Waals surface area contributed by atoms with Crippen LogP contribution in [0.25, 0.3) is 0 Å². The zero-order valence-electron chi connectivity index (χ0n) is 15.7. The van der Waals surface area contributed by atoms with E-state index in [0.717, 1.165) is 44.0 Å². The Kier molecular flexibility index (Phi) is 5.41. The van der Waals surface area contributed by atoms with Crippen LogP contribution < -0.4 is 10.1 Å². The largest absolute Gasteiger partial charge is 0.493 e. The molecule has 2 atom stereocenters. The molecule has 1 fully saturated rings. The van der Waals surface area contributed by atoms with Gasteiger partial charge in [-0.1, -0.05) is 30.3 Å². The fraction of sp³-hybridized carbons (Fsp3) is 0.409. The van der Waals surface area contributed by atoms with Crippen LogP contribution in [0.15, 0.2) is 48.5 Å². The predicted molar refractivity (Wildman–Crippen MR) is 104 cm³/mol. The van der Waals surface area contributed by atoms with Crippen LogP contribution >= 0.6 is 0 Å². The Bertz CT molecular complexity index is 790. The van der Waals surface area contributed by atoms with Crippen molar-refractivity contribution in [1.29, 1.82) is 0 Å². The number of hydrogen-bond acceptors (Lipinski definition) is 4. The molecule has 0 bridgehead atoms. The van der Waals surface area contributed by atoms with Crippen LogP contribution in [-0.4, -0.2) is 43.2 Å². The molecule has 1 saturated heterocycles. The van der Waals surface area contributed by atoms with Crippen molar-refractivity contribution in [2.45, 2.75) is 32.0 Å². The molecule has 1 amide bonds. The van der Waals surface area contributed by atoms with Gasteiger partial charge in [0.1, 0.15) is 5.75 Å². The molecular weight excluding hydrogens is 340 g/mol. The molecule has 5 nitrogen and oxygen atoms in total. The third-order valence-corrected chi connectivity index (χ3v) is 5.21. The number of fused-ring (bicyclic) bond motifs is 1. The number of para-hydroxylation sites is 1. The monoisotopic (exact) mass is 366 g/mol. The lowest BCUT2D eigenvalue weighted by atomic mass is 10.00. The number of carbonyl (C=O) groups is 1. The van der Waals surface area contributed by atoms with E-state index in [4.69, 9.17) is 9.47 Å². The van der Waals surface area contributed by atoms with Crippen molar-refractivity contribution < 1.29 is 14.3 Å². The van der Waals surface area contributed by atoms with Gasteiger partial charge in [-0.05, 0) is 30.7 Å². The highest BCUT2D eigenvalue weighted by Crippen LogP contribution is 2.31. The Balaban J connectivity index is 1.38. The summed E-state index contributed by atoms with van der Waals surface area (Å²) in [5.74, 6) is 0.826. The zero-order chi connectivity index (χ0) is 18.6. The number of rotatable bonds is 4. The molecule has 0 aliphatic carbocycles. The molecule has 5 heteroatoms. The van der Waals surface area contributed by atoms with E-state index in [2.05, 4.69) is 17.1 Å². The molecule has 0 unspecified atom stereocenters. The van der Waals surface area contributed by atoms with Crippen LogP contribution in [0, 0.1) is 0 Å². The SMILES string of the molecule is C[C@@H]1CN(Cc2ccc(C(=O)N[C@@H]3CCOc4ccccc43)cc2)CCO1. The van der Waals surface area contributed by atoms with Crippen molar-refractivity contribution in [3.8, 4) is 5.75 Å². The number of nitrogens with one attached hydrogen (secondary N) is 1. The van der Waals surface area contributed by atoms with Gasteiger partial charge in [-0.15, -0.1) is 0 Å². The van der Waals surface area contributed by atoms with Crippen LogP contribution in [0.5, 0.6) is 5.75 Å². The van der Waals surface area contributed by atoms with Crippen molar-refractivity contribution in [1.82, 2.24) is 10.2 Å². The lowest BCUT2D eigenvalue weighted by Gasteiger charge is -2.31. The van der Waals surface area contributed by atoms with Gasteiger partial charge >= 0.3 is 0 Å². The maximum Gasteiger partial charge on any atom is 0.251 e. The maximum absolute atomic E-state index is 12.7. The molecule has 0 radical (unpaired) electrons. The van der Waals surface area contributed by atoms with Gasteiger partial charge in [0, 0.05) is 37.2 Å². The number of hydrogen-bond donors (Lipinski definition) is 1. The summed E-state index contributed by atoms with van der Waals surface area (Å²) >= 11 is 0. The molecule has 27 heavy (non-hydrogen) atoms. The Hall–Kier alpha value is -2.37. The Morgan fingerprint density at radius 1 is 1.15 bits per heavy atom. The van der Waals surface area contributed by atoms with Gasteiger partial charge in [0.2, 0.25) is 0 Å². The quantitative estimate of drug-likeness (QED) is 0.903. The summed E-state index contributed by atoms with van der Waals surface area (Å²) in [4.78, 5) is 15.1. The minimum atomic E-state index is -0.0387. The highest BCUT2D eigenvalue weighted by atomic mass is 16.5. The van der Waals surface area contributed by atoms with Gasteiger partial charge in [-0.2, -0.15) is 0 Å². The molecule has 0 aromatic heterocycles. The molecule has 2 aliphatic heterocycles. The minimum Gasteiger partial charge on any atom is -0.493 e. The molecule has 0 saturated carbocycles. The summed E-state index contributed by atoms with van der Waals surface area (Å²) in [5, 5.41) is 3.15. The summed E-state index contributed by atoms with van der Waals surface area (Å²) < 4.78 is 11.3. The smallest absolute Gasteiger partial charge is 0.251 e. The first-order chi connectivity index (χ1) is 13.2. The van der Waals surface area contributed by atoms with E-state index >= 15 is 0 Å². The van der Waals surface area contributed by atoms with Crippen LogP contribution in [-0.2, 0) is 11.3 Å². The number of nitrogens with zero attached hydrogens (tertiary/aromatic N) is 1. The second-order valence-corrected chi connectivity index (χ2v) is 7.31. The van der Waals surface area contributed by atoms with E-state index in [1.54, 1.807) is 0 Å². The first kappa shape index (κ1) is 18.0. The fourth-order valence-electron chi connectivity index (χ4n) is 3.79. The molecule has 2 heterocycles. The molecule has 2 aliphatic rings. The average Bonchev–Trinajstić information content (AvgIpc) is 2.69. The Labute approximate surface area is 160 Å². The predicted octanol–water partition coefficient (Wildman–Crippen LogP) is 3.16. The maximum atomic E-state index is 12.7. The third-order valence-electron chi connectivity index (χ3n) is 5.21. The molecule has 142 valence electrons. The standard InChI is InChI=1S/C22H26N2O3/c1-16-14-24(11-13-26-16)15-17-6-8-18(9-7-17)22(25)23-20-10-12-27-21-5-3-2-4-19(20)21/h2-9,16,20H,10-15H2,1H3,(H,23,25)/t16-,20-/m1/s1.